The minimum absolute atomic E-state index is 0.0541. The molecule has 4 nitrogen and oxygen atoms in total. The normalized spacial score (nSPS) is 9.40. The highest BCUT2D eigenvalue weighted by Gasteiger charge is 2.18. The standard InChI is InChI=1S/C10H9NO3S/c1-2-14-10(13)9-6(5-11)3-7(15)4-8(9)12/h3-4,12,15H,2H2,1H3. The van der Waals surface area contributed by atoms with Gasteiger partial charge in [-0.2, -0.15) is 5.26 Å². The molecule has 1 aromatic carbocycles. The molecular weight excluding hydrogens is 214 g/mol. The number of nitrogens with zero attached hydrogens (tertiary/aromatic N) is 1. The molecule has 0 spiro atoms. The molecule has 78 valence electrons. The van der Waals surface area contributed by atoms with Crippen molar-refractivity contribution in [1.82, 2.24) is 0 Å². The van der Waals surface area contributed by atoms with Crippen molar-refractivity contribution in [1.29, 1.82) is 5.26 Å². The Balaban J connectivity index is 3.28. The molecular formula is C10H9NO3S. The van der Waals surface area contributed by atoms with Crippen LogP contribution in [-0.4, -0.2) is 17.7 Å². The summed E-state index contributed by atoms with van der Waals surface area (Å²) in [6.07, 6.45) is 0. The van der Waals surface area contributed by atoms with Crippen LogP contribution >= 0.6 is 12.6 Å². The van der Waals surface area contributed by atoms with Crippen molar-refractivity contribution in [3.63, 3.8) is 0 Å². The van der Waals surface area contributed by atoms with Gasteiger partial charge in [0.15, 0.2) is 0 Å². The smallest absolute Gasteiger partial charge is 0.343 e. The van der Waals surface area contributed by atoms with Gasteiger partial charge in [-0.3, -0.25) is 0 Å². The molecule has 5 heteroatoms. The Morgan fingerprint density at radius 3 is 2.87 bits per heavy atom. The van der Waals surface area contributed by atoms with E-state index in [2.05, 4.69) is 12.6 Å². The van der Waals surface area contributed by atoms with Gasteiger partial charge in [-0.1, -0.05) is 0 Å². The number of hydrogen-bond acceptors (Lipinski definition) is 5. The number of nitriles is 1. The first-order valence-corrected chi connectivity index (χ1v) is 4.68. The van der Waals surface area contributed by atoms with Gasteiger partial charge in [0.2, 0.25) is 0 Å². The molecule has 0 bridgehead atoms. The number of phenolic OH excluding ortho intramolecular Hbond substituents is 1. The van der Waals surface area contributed by atoms with Crippen LogP contribution in [0.3, 0.4) is 0 Å². The van der Waals surface area contributed by atoms with Crippen molar-refractivity contribution < 1.29 is 14.6 Å². The Morgan fingerprint density at radius 1 is 1.67 bits per heavy atom. The van der Waals surface area contributed by atoms with Gasteiger partial charge < -0.3 is 9.84 Å². The number of ether oxygens (including phenoxy) is 1. The Hall–Kier alpha value is -1.67. The quantitative estimate of drug-likeness (QED) is 0.591. The van der Waals surface area contributed by atoms with Crippen LogP contribution in [0.4, 0.5) is 0 Å². The molecule has 0 fully saturated rings. The van der Waals surface area contributed by atoms with Crippen LogP contribution in [0.15, 0.2) is 17.0 Å². The molecule has 15 heavy (non-hydrogen) atoms. The maximum atomic E-state index is 11.4. The Labute approximate surface area is 92.5 Å². The maximum absolute atomic E-state index is 11.4. The summed E-state index contributed by atoms with van der Waals surface area (Å²) in [5.41, 5.74) is -0.0596. The molecule has 0 unspecified atom stereocenters. The summed E-state index contributed by atoms with van der Waals surface area (Å²) >= 11 is 3.98. The van der Waals surface area contributed by atoms with Crippen LogP contribution in [0.1, 0.15) is 22.8 Å². The lowest BCUT2D eigenvalue weighted by atomic mass is 10.1. The van der Waals surface area contributed by atoms with Gasteiger partial charge in [0.05, 0.1) is 12.2 Å². The number of hydrogen-bond donors (Lipinski definition) is 2. The zero-order chi connectivity index (χ0) is 11.4. The van der Waals surface area contributed by atoms with E-state index in [4.69, 9.17) is 10.00 Å². The van der Waals surface area contributed by atoms with E-state index in [9.17, 15) is 9.90 Å². The number of carbonyl (C=O) groups is 1. The summed E-state index contributed by atoms with van der Waals surface area (Å²) in [4.78, 5) is 11.8. The number of phenols is 1. The Kier molecular flexibility index (Phi) is 3.58. The van der Waals surface area contributed by atoms with Crippen molar-refractivity contribution in [2.45, 2.75) is 11.8 Å². The molecule has 0 aliphatic carbocycles. The third-order valence-electron chi connectivity index (χ3n) is 1.70. The molecule has 1 rings (SSSR count). The molecule has 0 aliphatic rings. The van der Waals surface area contributed by atoms with Crippen molar-refractivity contribution in [3.8, 4) is 11.8 Å². The number of esters is 1. The zero-order valence-corrected chi connectivity index (χ0v) is 8.91. The third kappa shape index (κ3) is 2.42. The van der Waals surface area contributed by atoms with Crippen LogP contribution in [0, 0.1) is 11.3 Å². The van der Waals surface area contributed by atoms with E-state index in [1.54, 1.807) is 13.0 Å². The van der Waals surface area contributed by atoms with Crippen molar-refractivity contribution in [3.05, 3.63) is 23.3 Å². The second kappa shape index (κ2) is 4.71. The highest BCUT2D eigenvalue weighted by atomic mass is 32.1. The lowest BCUT2D eigenvalue weighted by Crippen LogP contribution is -2.07. The van der Waals surface area contributed by atoms with E-state index in [1.807, 2.05) is 0 Å². The first-order valence-electron chi connectivity index (χ1n) is 4.23. The van der Waals surface area contributed by atoms with E-state index >= 15 is 0 Å². The summed E-state index contributed by atoms with van der Waals surface area (Å²) in [6.45, 7) is 1.83. The minimum Gasteiger partial charge on any atom is -0.507 e. The first kappa shape index (κ1) is 11.4. The fourth-order valence-corrected chi connectivity index (χ4v) is 1.37. The maximum Gasteiger partial charge on any atom is 0.343 e. The lowest BCUT2D eigenvalue weighted by molar-refractivity contribution is 0.0522. The number of thiol groups is 1. The average molecular weight is 223 g/mol. The molecule has 1 aromatic rings. The van der Waals surface area contributed by atoms with Crippen LogP contribution in [-0.2, 0) is 4.74 Å². The van der Waals surface area contributed by atoms with Gasteiger partial charge in [0.1, 0.15) is 17.4 Å². The van der Waals surface area contributed by atoms with Gasteiger partial charge in [-0.25, -0.2) is 4.79 Å². The molecule has 0 aliphatic heterocycles. The van der Waals surface area contributed by atoms with Gasteiger partial charge in [0, 0.05) is 4.90 Å². The van der Waals surface area contributed by atoms with E-state index in [0.717, 1.165) is 0 Å². The Bertz CT molecular complexity index is 437. The fraction of sp³-hybridized carbons (Fsp3) is 0.200. The Morgan fingerprint density at radius 2 is 2.33 bits per heavy atom. The molecule has 0 saturated heterocycles. The van der Waals surface area contributed by atoms with Gasteiger partial charge in [0.25, 0.3) is 0 Å². The van der Waals surface area contributed by atoms with E-state index in [1.165, 1.54) is 12.1 Å². The summed E-state index contributed by atoms with van der Waals surface area (Å²) in [6, 6.07) is 4.49. The highest BCUT2D eigenvalue weighted by molar-refractivity contribution is 7.80. The lowest BCUT2D eigenvalue weighted by Gasteiger charge is -2.06. The van der Waals surface area contributed by atoms with Gasteiger partial charge in [-0.15, -0.1) is 12.6 Å². The van der Waals surface area contributed by atoms with E-state index in [-0.39, 0.29) is 23.5 Å². The molecule has 0 atom stereocenters. The predicted octanol–water partition coefficient (Wildman–Crippen LogP) is 1.73. The highest BCUT2D eigenvalue weighted by Crippen LogP contribution is 2.25. The molecule has 0 radical (unpaired) electrons. The number of carbonyl (C=O) groups excluding carboxylic acids is 1. The minimum atomic E-state index is -0.708. The van der Waals surface area contributed by atoms with Crippen molar-refractivity contribution in [2.75, 3.05) is 6.61 Å². The molecule has 0 heterocycles. The monoisotopic (exact) mass is 223 g/mol. The summed E-state index contributed by atoms with van der Waals surface area (Å²) < 4.78 is 4.72. The fourth-order valence-electron chi connectivity index (χ4n) is 1.12. The SMILES string of the molecule is CCOC(=O)c1c(O)cc(S)cc1C#N. The summed E-state index contributed by atoms with van der Waals surface area (Å²) in [5.74, 6) is -1.00. The molecule has 0 amide bonds. The van der Waals surface area contributed by atoms with Crippen molar-refractivity contribution >= 4 is 18.6 Å². The predicted molar refractivity (Wildman–Crippen MR) is 56.0 cm³/mol. The number of aromatic hydroxyl groups is 1. The second-order valence-corrected chi connectivity index (χ2v) is 3.24. The first-order chi connectivity index (χ1) is 7.10. The third-order valence-corrected chi connectivity index (χ3v) is 1.96. The number of rotatable bonds is 2. The molecule has 0 aromatic heterocycles. The molecule has 1 N–H and O–H groups in total. The average Bonchev–Trinajstić information content (AvgIpc) is 2.16. The van der Waals surface area contributed by atoms with Crippen LogP contribution in [0.5, 0.6) is 5.75 Å². The van der Waals surface area contributed by atoms with Crippen LogP contribution in [0.25, 0.3) is 0 Å². The second-order valence-electron chi connectivity index (χ2n) is 2.72. The van der Waals surface area contributed by atoms with E-state index < -0.39 is 5.97 Å². The van der Waals surface area contributed by atoms with Crippen molar-refractivity contribution in [2.24, 2.45) is 0 Å². The topological polar surface area (TPSA) is 70.3 Å². The van der Waals surface area contributed by atoms with Gasteiger partial charge in [-0.05, 0) is 19.1 Å². The zero-order valence-electron chi connectivity index (χ0n) is 8.02. The summed E-state index contributed by atoms with van der Waals surface area (Å²) in [5, 5.41) is 18.3. The van der Waals surface area contributed by atoms with Gasteiger partial charge >= 0.3 is 5.97 Å². The van der Waals surface area contributed by atoms with Crippen LogP contribution < -0.4 is 0 Å². The van der Waals surface area contributed by atoms with Crippen LogP contribution in [0.2, 0.25) is 0 Å². The van der Waals surface area contributed by atoms with E-state index in [0.29, 0.717) is 4.90 Å². The number of benzene rings is 1. The summed E-state index contributed by atoms with van der Waals surface area (Å²) in [7, 11) is 0. The molecule has 0 saturated carbocycles. The largest absolute Gasteiger partial charge is 0.507 e.